The molecule has 1 aliphatic heterocycles. The molecule has 0 bridgehead atoms. The van der Waals surface area contributed by atoms with Gasteiger partial charge in [-0.2, -0.15) is 15.0 Å². The third-order valence-electron chi connectivity index (χ3n) is 5.72. The van der Waals surface area contributed by atoms with Gasteiger partial charge in [-0.25, -0.2) is 9.07 Å². The van der Waals surface area contributed by atoms with Crippen LogP contribution in [0.25, 0.3) is 11.8 Å². The molecule has 3 heterocycles. The summed E-state index contributed by atoms with van der Waals surface area (Å²) in [5.41, 5.74) is 2.84. The van der Waals surface area contributed by atoms with Crippen molar-refractivity contribution in [3.8, 4) is 5.69 Å². The Morgan fingerprint density at radius 2 is 2.03 bits per heavy atom. The number of fused-ring (bicyclic) bond motifs is 2. The van der Waals surface area contributed by atoms with Crippen molar-refractivity contribution in [3.63, 3.8) is 0 Å². The van der Waals surface area contributed by atoms with Crippen molar-refractivity contribution in [1.29, 1.82) is 0 Å². The van der Waals surface area contributed by atoms with Crippen molar-refractivity contribution in [3.05, 3.63) is 59.3 Å². The maximum atomic E-state index is 13.3. The summed E-state index contributed by atoms with van der Waals surface area (Å²) in [7, 11) is 1.67. The third kappa shape index (κ3) is 3.08. The highest BCUT2D eigenvalue weighted by Crippen LogP contribution is 2.43. The van der Waals surface area contributed by atoms with E-state index >= 15 is 0 Å². The largest absolute Gasteiger partial charge is 0.591 e. The van der Waals surface area contributed by atoms with E-state index in [1.165, 1.54) is 23.1 Å². The van der Waals surface area contributed by atoms with Gasteiger partial charge in [0.25, 0.3) is 0 Å². The van der Waals surface area contributed by atoms with Gasteiger partial charge in [0.2, 0.25) is 0 Å². The normalized spacial score (nSPS) is 22.2. The fourth-order valence-electron chi connectivity index (χ4n) is 4.19. The lowest BCUT2D eigenvalue weighted by atomic mass is 9.70. The Morgan fingerprint density at radius 3 is 2.73 bits per heavy atom. The summed E-state index contributed by atoms with van der Waals surface area (Å²) < 4.78 is 29.8. The molecule has 0 saturated carbocycles. The average molecular weight is 426 g/mol. The van der Waals surface area contributed by atoms with E-state index in [-0.39, 0.29) is 5.82 Å². The zero-order valence-electron chi connectivity index (χ0n) is 16.2. The molecule has 30 heavy (non-hydrogen) atoms. The van der Waals surface area contributed by atoms with E-state index in [0.29, 0.717) is 31.0 Å². The molecule has 0 N–H and O–H groups in total. The summed E-state index contributed by atoms with van der Waals surface area (Å²) in [5, 5.41) is 13.0. The number of carbonyl (C=O) groups excluding carboxylic acids is 1. The maximum Gasteiger partial charge on any atom is 0.304 e. The Balaban J connectivity index is 1.47. The second kappa shape index (κ2) is 7.15. The molecule has 1 aromatic carbocycles. The standard InChI is InChI=1S/C20H19FN6O2S/c1-25-22-11-19(24-25)30(29)26-7-6-15-8-18-14(9-20(15,12-26)13-28)10-23-27(18)17-4-2-16(21)3-5-17/h2-5,8,10-11,13H,6-7,9,12H2,1H3. The van der Waals surface area contributed by atoms with Crippen LogP contribution in [0.4, 0.5) is 4.39 Å². The van der Waals surface area contributed by atoms with E-state index < -0.39 is 16.8 Å². The van der Waals surface area contributed by atoms with E-state index in [1.54, 1.807) is 34.4 Å². The smallest absolute Gasteiger partial charge is 0.304 e. The molecule has 0 amide bonds. The fraction of sp³-hybridized carbons (Fsp3) is 0.300. The Bertz CT molecular complexity index is 1140. The van der Waals surface area contributed by atoms with Gasteiger partial charge in [-0.05, 0) is 48.7 Å². The first kappa shape index (κ1) is 19.2. The van der Waals surface area contributed by atoms with E-state index in [9.17, 15) is 13.7 Å². The highest BCUT2D eigenvalue weighted by Gasteiger charge is 2.46. The lowest BCUT2D eigenvalue weighted by molar-refractivity contribution is -0.115. The molecule has 154 valence electrons. The second-order valence-electron chi connectivity index (χ2n) is 7.60. The van der Waals surface area contributed by atoms with E-state index in [4.69, 9.17) is 0 Å². The molecule has 10 heteroatoms. The fourth-order valence-corrected chi connectivity index (χ4v) is 5.38. The van der Waals surface area contributed by atoms with E-state index in [2.05, 4.69) is 15.3 Å². The topological polar surface area (TPSA) is 91.9 Å². The number of benzene rings is 1. The van der Waals surface area contributed by atoms with Crippen LogP contribution in [0.2, 0.25) is 0 Å². The zero-order chi connectivity index (χ0) is 20.9. The monoisotopic (exact) mass is 426 g/mol. The van der Waals surface area contributed by atoms with Gasteiger partial charge in [0.1, 0.15) is 29.7 Å². The SMILES string of the molecule is Cn1ncc([S+]([O-])N2CCC3=Cc4c(cnn4-c4ccc(F)cc4)CC3(C=O)C2)n1. The van der Waals surface area contributed by atoms with Crippen LogP contribution in [0.15, 0.2) is 47.3 Å². The minimum absolute atomic E-state index is 0.304. The lowest BCUT2D eigenvalue weighted by Crippen LogP contribution is -2.50. The molecular formula is C20H19FN6O2S. The Labute approximate surface area is 175 Å². The lowest BCUT2D eigenvalue weighted by Gasteiger charge is -2.41. The van der Waals surface area contributed by atoms with E-state index in [1.807, 2.05) is 6.08 Å². The number of carbonyl (C=O) groups is 1. The summed E-state index contributed by atoms with van der Waals surface area (Å²) in [6, 6.07) is 6.15. The van der Waals surface area contributed by atoms with Crippen molar-refractivity contribution in [2.24, 2.45) is 12.5 Å². The van der Waals surface area contributed by atoms with Crippen LogP contribution in [0.5, 0.6) is 0 Å². The summed E-state index contributed by atoms with van der Waals surface area (Å²) in [5.74, 6) is -0.304. The van der Waals surface area contributed by atoms with Crippen LogP contribution < -0.4 is 0 Å². The Hall–Kier alpha value is -2.82. The minimum Gasteiger partial charge on any atom is -0.591 e. The number of piperidine rings is 1. The number of nitrogens with zero attached hydrogens (tertiary/aromatic N) is 6. The number of rotatable bonds is 4. The van der Waals surface area contributed by atoms with Gasteiger partial charge in [-0.3, -0.25) is 0 Å². The first-order chi connectivity index (χ1) is 14.5. The number of hydrogen-bond acceptors (Lipinski definition) is 6. The third-order valence-corrected chi connectivity index (χ3v) is 7.05. The summed E-state index contributed by atoms with van der Waals surface area (Å²) in [6.07, 6.45) is 7.30. The van der Waals surface area contributed by atoms with Crippen molar-refractivity contribution >= 4 is 23.7 Å². The average Bonchev–Trinajstić information content (AvgIpc) is 3.37. The maximum absolute atomic E-state index is 13.3. The van der Waals surface area contributed by atoms with Gasteiger partial charge in [0, 0.05) is 13.6 Å². The molecule has 8 nitrogen and oxygen atoms in total. The van der Waals surface area contributed by atoms with Crippen molar-refractivity contribution in [2.45, 2.75) is 17.9 Å². The van der Waals surface area contributed by atoms with Crippen LogP contribution in [0, 0.1) is 11.2 Å². The van der Waals surface area contributed by atoms with Gasteiger partial charge in [0.15, 0.2) is 0 Å². The van der Waals surface area contributed by atoms with Gasteiger partial charge in [-0.15, -0.1) is 9.40 Å². The number of aromatic nitrogens is 5. The van der Waals surface area contributed by atoms with Crippen LogP contribution in [0.1, 0.15) is 17.7 Å². The molecule has 1 saturated heterocycles. The van der Waals surface area contributed by atoms with Crippen molar-refractivity contribution in [1.82, 2.24) is 29.1 Å². The molecule has 0 spiro atoms. The highest BCUT2D eigenvalue weighted by molar-refractivity contribution is 7.89. The predicted octanol–water partition coefficient (Wildman–Crippen LogP) is 1.69. The Kier molecular flexibility index (Phi) is 4.57. The van der Waals surface area contributed by atoms with Crippen LogP contribution in [-0.4, -0.2) is 53.0 Å². The first-order valence-corrected chi connectivity index (χ1v) is 10.6. The quantitative estimate of drug-likeness (QED) is 0.466. The van der Waals surface area contributed by atoms with Gasteiger partial charge in [-0.1, -0.05) is 5.57 Å². The summed E-state index contributed by atoms with van der Waals surface area (Å²) in [4.78, 5) is 13.7. The molecule has 2 atom stereocenters. The molecule has 3 aromatic rings. The van der Waals surface area contributed by atoms with E-state index in [0.717, 1.165) is 28.8 Å². The molecule has 5 rings (SSSR count). The zero-order valence-corrected chi connectivity index (χ0v) is 17.0. The van der Waals surface area contributed by atoms with Crippen LogP contribution in [0.3, 0.4) is 0 Å². The highest BCUT2D eigenvalue weighted by atomic mass is 32.2. The molecule has 1 aliphatic carbocycles. The number of halogens is 1. The first-order valence-electron chi connectivity index (χ1n) is 9.52. The van der Waals surface area contributed by atoms with Gasteiger partial charge < -0.3 is 9.35 Å². The van der Waals surface area contributed by atoms with Gasteiger partial charge >= 0.3 is 5.03 Å². The van der Waals surface area contributed by atoms with Crippen LogP contribution in [-0.2, 0) is 29.6 Å². The predicted molar refractivity (Wildman–Crippen MR) is 107 cm³/mol. The molecular weight excluding hydrogens is 407 g/mol. The number of aryl methyl sites for hydroxylation is 1. The molecule has 0 radical (unpaired) electrons. The van der Waals surface area contributed by atoms with Crippen molar-refractivity contribution < 1.29 is 13.7 Å². The van der Waals surface area contributed by atoms with Gasteiger partial charge in [0.05, 0.1) is 29.5 Å². The van der Waals surface area contributed by atoms with Crippen LogP contribution >= 0.6 is 0 Å². The summed E-state index contributed by atoms with van der Waals surface area (Å²) >= 11 is -1.48. The second-order valence-corrected chi connectivity index (χ2v) is 9.03. The Morgan fingerprint density at radius 1 is 1.23 bits per heavy atom. The molecule has 2 aromatic heterocycles. The number of aldehydes is 1. The molecule has 2 unspecified atom stereocenters. The molecule has 2 aliphatic rings. The van der Waals surface area contributed by atoms with Crippen molar-refractivity contribution in [2.75, 3.05) is 13.1 Å². The number of hydrogen-bond donors (Lipinski definition) is 0. The minimum atomic E-state index is -1.48. The summed E-state index contributed by atoms with van der Waals surface area (Å²) in [6.45, 7) is 0.886. The molecule has 1 fully saturated rings.